The Labute approximate surface area is 148 Å². The fourth-order valence-corrected chi connectivity index (χ4v) is 4.20. The summed E-state index contributed by atoms with van der Waals surface area (Å²) >= 11 is 2.96. The molecule has 0 aliphatic heterocycles. The molecule has 0 saturated carbocycles. The summed E-state index contributed by atoms with van der Waals surface area (Å²) in [6.45, 7) is 2.25. The molecule has 0 N–H and O–H groups in total. The van der Waals surface area contributed by atoms with E-state index in [0.29, 0.717) is 6.54 Å². The summed E-state index contributed by atoms with van der Waals surface area (Å²) in [4.78, 5) is 31.4. The lowest BCUT2D eigenvalue weighted by atomic mass is 10.3. The molecule has 0 saturated heterocycles. The molecule has 1 aliphatic carbocycles. The van der Waals surface area contributed by atoms with Gasteiger partial charge in [0.1, 0.15) is 5.01 Å². The van der Waals surface area contributed by atoms with E-state index in [-0.39, 0.29) is 18.2 Å². The Bertz CT molecular complexity index is 750. The third-order valence-electron chi connectivity index (χ3n) is 3.75. The average molecular weight is 362 g/mol. The van der Waals surface area contributed by atoms with E-state index in [2.05, 4.69) is 11.1 Å². The number of esters is 1. The zero-order chi connectivity index (χ0) is 16.9. The number of hydrogen-bond donors (Lipinski definition) is 0. The summed E-state index contributed by atoms with van der Waals surface area (Å²) in [7, 11) is 0. The molecule has 0 radical (unpaired) electrons. The number of carbonyl (C=O) groups excluding carboxylic acids is 2. The predicted molar refractivity (Wildman–Crippen MR) is 95.0 cm³/mol. The van der Waals surface area contributed by atoms with Gasteiger partial charge in [0.25, 0.3) is 5.91 Å². The molecule has 1 aliphatic rings. The van der Waals surface area contributed by atoms with Gasteiger partial charge in [-0.05, 0) is 37.6 Å². The largest absolute Gasteiger partial charge is 0.451 e. The Hall–Kier alpha value is -1.99. The van der Waals surface area contributed by atoms with Crippen molar-refractivity contribution in [2.24, 2.45) is 0 Å². The maximum atomic E-state index is 12.3. The molecule has 2 aromatic rings. The monoisotopic (exact) mass is 362 g/mol. The number of amides is 1. The second kappa shape index (κ2) is 7.72. The van der Waals surface area contributed by atoms with Crippen LogP contribution in [-0.2, 0) is 9.53 Å². The van der Waals surface area contributed by atoms with Crippen LogP contribution in [0.15, 0.2) is 34.7 Å². The van der Waals surface area contributed by atoms with Gasteiger partial charge in [-0.15, -0.1) is 22.7 Å². The molecule has 7 heteroatoms. The van der Waals surface area contributed by atoms with Crippen molar-refractivity contribution in [3.63, 3.8) is 0 Å². The van der Waals surface area contributed by atoms with Crippen molar-refractivity contribution < 1.29 is 14.3 Å². The lowest BCUT2D eigenvalue weighted by Crippen LogP contribution is -2.33. The highest BCUT2D eigenvalue weighted by Gasteiger charge is 2.21. The molecular formula is C17H18N2O3S2. The van der Waals surface area contributed by atoms with E-state index in [1.54, 1.807) is 21.6 Å². The lowest BCUT2D eigenvalue weighted by molar-refractivity contribution is -0.132. The number of rotatable bonds is 6. The van der Waals surface area contributed by atoms with Gasteiger partial charge in [0.05, 0.1) is 4.88 Å². The summed E-state index contributed by atoms with van der Waals surface area (Å²) in [6.07, 6.45) is 5.06. The molecular weight excluding hydrogens is 344 g/mol. The molecule has 0 aromatic carbocycles. The predicted octanol–water partition coefficient (Wildman–Crippen LogP) is 3.94. The molecule has 3 rings (SSSR count). The first-order valence-corrected chi connectivity index (χ1v) is 9.61. The van der Waals surface area contributed by atoms with E-state index in [1.165, 1.54) is 11.3 Å². The van der Waals surface area contributed by atoms with E-state index in [4.69, 9.17) is 4.74 Å². The summed E-state index contributed by atoms with van der Waals surface area (Å²) in [5.41, 5.74) is 1.28. The molecule has 5 nitrogen and oxygen atoms in total. The minimum atomic E-state index is -0.557. The van der Waals surface area contributed by atoms with Crippen LogP contribution in [0.2, 0.25) is 0 Å². The molecule has 0 atom stereocenters. The van der Waals surface area contributed by atoms with Gasteiger partial charge in [-0.25, -0.2) is 9.78 Å². The highest BCUT2D eigenvalue weighted by Crippen LogP contribution is 2.28. The van der Waals surface area contributed by atoms with Crippen LogP contribution >= 0.6 is 22.7 Å². The topological polar surface area (TPSA) is 59.5 Å². The number of aromatic nitrogens is 1. The molecule has 2 aromatic heterocycles. The Morgan fingerprint density at radius 1 is 1.38 bits per heavy atom. The van der Waals surface area contributed by atoms with Crippen LogP contribution < -0.4 is 0 Å². The Morgan fingerprint density at radius 2 is 2.25 bits per heavy atom. The maximum Gasteiger partial charge on any atom is 0.358 e. The summed E-state index contributed by atoms with van der Waals surface area (Å²) in [5.74, 6) is -0.744. The van der Waals surface area contributed by atoms with E-state index < -0.39 is 5.97 Å². The highest BCUT2D eigenvalue weighted by molar-refractivity contribution is 7.20. The number of allylic oxidation sites excluding steroid dienone is 2. The zero-order valence-electron chi connectivity index (χ0n) is 13.4. The number of hydrogen-bond acceptors (Lipinski definition) is 6. The first kappa shape index (κ1) is 16.9. The number of nitrogens with zero attached hydrogens (tertiary/aromatic N) is 2. The third kappa shape index (κ3) is 3.73. The lowest BCUT2D eigenvalue weighted by Gasteiger charge is -2.21. The summed E-state index contributed by atoms with van der Waals surface area (Å²) in [5, 5.41) is 4.42. The minimum Gasteiger partial charge on any atom is -0.451 e. The molecule has 126 valence electrons. The van der Waals surface area contributed by atoms with Gasteiger partial charge < -0.3 is 9.64 Å². The zero-order valence-corrected chi connectivity index (χ0v) is 15.0. The maximum absolute atomic E-state index is 12.3. The van der Waals surface area contributed by atoms with Crippen LogP contribution in [0.4, 0.5) is 0 Å². The quantitative estimate of drug-likeness (QED) is 0.730. The van der Waals surface area contributed by atoms with Gasteiger partial charge in [0.2, 0.25) is 0 Å². The van der Waals surface area contributed by atoms with Crippen molar-refractivity contribution >= 4 is 34.6 Å². The SMILES string of the molecule is CCN(C(=O)COC(=O)c1csc(-c2cccs2)n1)C1=CCCC1. The van der Waals surface area contributed by atoms with Gasteiger partial charge in [0.15, 0.2) is 12.3 Å². The van der Waals surface area contributed by atoms with E-state index in [9.17, 15) is 9.59 Å². The molecule has 0 unspecified atom stereocenters. The number of thiophene rings is 1. The van der Waals surface area contributed by atoms with Crippen LogP contribution in [0.25, 0.3) is 9.88 Å². The van der Waals surface area contributed by atoms with Crippen molar-refractivity contribution in [1.82, 2.24) is 9.88 Å². The second-order valence-electron chi connectivity index (χ2n) is 5.32. The Balaban J connectivity index is 1.58. The van der Waals surface area contributed by atoms with Crippen molar-refractivity contribution in [3.8, 4) is 9.88 Å². The number of ether oxygens (including phenoxy) is 1. The fourth-order valence-electron chi connectivity index (χ4n) is 2.60. The average Bonchev–Trinajstić information content (AvgIpc) is 3.34. The highest BCUT2D eigenvalue weighted by atomic mass is 32.1. The van der Waals surface area contributed by atoms with E-state index >= 15 is 0 Å². The molecule has 24 heavy (non-hydrogen) atoms. The van der Waals surface area contributed by atoms with Gasteiger partial charge in [-0.1, -0.05) is 12.1 Å². The van der Waals surface area contributed by atoms with Crippen LogP contribution in [0.5, 0.6) is 0 Å². The van der Waals surface area contributed by atoms with Crippen molar-refractivity contribution in [2.75, 3.05) is 13.2 Å². The van der Waals surface area contributed by atoms with E-state index in [0.717, 1.165) is 34.8 Å². The molecule has 0 bridgehead atoms. The van der Waals surface area contributed by atoms with Crippen LogP contribution in [0, 0.1) is 0 Å². The molecule has 1 amide bonds. The van der Waals surface area contributed by atoms with Crippen molar-refractivity contribution in [3.05, 3.63) is 40.4 Å². The normalized spacial score (nSPS) is 13.6. The fraction of sp³-hybridized carbons (Fsp3) is 0.353. The number of carbonyl (C=O) groups is 2. The summed E-state index contributed by atoms with van der Waals surface area (Å²) < 4.78 is 5.15. The first-order valence-electron chi connectivity index (χ1n) is 7.85. The second-order valence-corrected chi connectivity index (χ2v) is 7.12. The van der Waals surface area contributed by atoms with Gasteiger partial charge in [0, 0.05) is 17.6 Å². The van der Waals surface area contributed by atoms with E-state index in [1.807, 2.05) is 24.4 Å². The van der Waals surface area contributed by atoms with Crippen molar-refractivity contribution in [1.29, 1.82) is 0 Å². The molecule has 2 heterocycles. The Kier molecular flexibility index (Phi) is 5.42. The van der Waals surface area contributed by atoms with Gasteiger partial charge in [-0.2, -0.15) is 0 Å². The number of thiazole rings is 1. The minimum absolute atomic E-state index is 0.187. The van der Waals surface area contributed by atoms with Crippen LogP contribution in [-0.4, -0.2) is 34.9 Å². The third-order valence-corrected chi connectivity index (χ3v) is 5.63. The van der Waals surface area contributed by atoms with Crippen molar-refractivity contribution in [2.45, 2.75) is 26.2 Å². The smallest absolute Gasteiger partial charge is 0.358 e. The Morgan fingerprint density at radius 3 is 2.92 bits per heavy atom. The molecule has 0 fully saturated rings. The first-order chi connectivity index (χ1) is 11.7. The van der Waals surface area contributed by atoms with Crippen LogP contribution in [0.3, 0.4) is 0 Å². The van der Waals surface area contributed by atoms with Gasteiger partial charge >= 0.3 is 5.97 Å². The summed E-state index contributed by atoms with van der Waals surface area (Å²) in [6, 6.07) is 3.89. The standard InChI is InChI=1S/C17H18N2O3S2/c1-2-19(12-6-3-4-7-12)15(20)10-22-17(21)13-11-24-16(18-13)14-8-5-9-23-14/h5-6,8-9,11H,2-4,7,10H2,1H3. The van der Waals surface area contributed by atoms with Crippen LogP contribution in [0.1, 0.15) is 36.7 Å². The number of likely N-dealkylation sites (N-methyl/N-ethyl adjacent to an activating group) is 1. The van der Waals surface area contributed by atoms with Gasteiger partial charge in [-0.3, -0.25) is 4.79 Å². The molecule has 0 spiro atoms.